The van der Waals surface area contributed by atoms with Gasteiger partial charge in [-0.25, -0.2) is 0 Å². The van der Waals surface area contributed by atoms with E-state index in [2.05, 4.69) is 0 Å². The van der Waals surface area contributed by atoms with Gasteiger partial charge in [-0.2, -0.15) is 0 Å². The van der Waals surface area contributed by atoms with Gasteiger partial charge in [0.25, 0.3) is 0 Å². The number of allylic oxidation sites excluding steroid dienone is 4. The maximum absolute atomic E-state index is 8.99. The summed E-state index contributed by atoms with van der Waals surface area (Å²) in [6.07, 6.45) is 12.3. The highest BCUT2D eigenvalue weighted by molar-refractivity contribution is 5.20. The number of rotatable bonds is 0. The van der Waals surface area contributed by atoms with Gasteiger partial charge in [-0.1, -0.05) is 0 Å². The lowest BCUT2D eigenvalue weighted by molar-refractivity contribution is 0.271. The number of aliphatic hydroxyl groups is 1. The van der Waals surface area contributed by atoms with Crippen molar-refractivity contribution in [3.8, 4) is 0 Å². The summed E-state index contributed by atoms with van der Waals surface area (Å²) < 4.78 is 0. The second-order valence-corrected chi connectivity index (χ2v) is 1.84. The normalized spacial score (nSPS) is 35.4. The minimum absolute atomic E-state index is 0.425. The van der Waals surface area contributed by atoms with Gasteiger partial charge in [-0.3, -0.25) is 0 Å². The van der Waals surface area contributed by atoms with E-state index in [4.69, 9.17) is 5.11 Å². The molecular weight excluding hydrogens is 112 g/mol. The fraction of sp³-hybridized carbons (Fsp3) is 0.125. The van der Waals surface area contributed by atoms with E-state index in [-0.39, 0.29) is 0 Å². The summed E-state index contributed by atoms with van der Waals surface area (Å²) in [5.74, 6) is 0. The van der Waals surface area contributed by atoms with Crippen LogP contribution in [0, 0.1) is 6.42 Å². The molecule has 0 radical (unpaired) electrons. The molecule has 1 aliphatic carbocycles. The molecule has 1 heteroatoms. The Bertz CT molecular complexity index is 154. The standard InChI is InChI=1S/C8H9O/c9-8-6-4-2-1-3-5-7-8/h1-9H/q+1/b2-1-,6-4-,7-5-. The molecule has 0 saturated carbocycles. The van der Waals surface area contributed by atoms with Gasteiger partial charge in [0.1, 0.15) is 6.10 Å². The van der Waals surface area contributed by atoms with Crippen LogP contribution in [-0.4, -0.2) is 11.2 Å². The summed E-state index contributed by atoms with van der Waals surface area (Å²) in [4.78, 5) is 0. The maximum Gasteiger partial charge on any atom is 0.136 e. The van der Waals surface area contributed by atoms with Crippen LogP contribution in [0.2, 0.25) is 0 Å². The summed E-state index contributed by atoms with van der Waals surface area (Å²) in [7, 11) is 0. The molecule has 0 aliphatic heterocycles. The Balaban J connectivity index is 2.61. The molecule has 0 saturated heterocycles. The molecule has 1 aliphatic rings. The van der Waals surface area contributed by atoms with E-state index in [0.717, 1.165) is 0 Å². The van der Waals surface area contributed by atoms with Crippen molar-refractivity contribution >= 4 is 0 Å². The van der Waals surface area contributed by atoms with Crippen LogP contribution < -0.4 is 0 Å². The second kappa shape index (κ2) is 3.15. The Morgan fingerprint density at radius 3 is 2.89 bits per heavy atom. The maximum atomic E-state index is 8.99. The zero-order valence-electron chi connectivity index (χ0n) is 5.07. The average Bonchev–Trinajstić information content (AvgIpc) is 1.79. The first-order chi connectivity index (χ1) is 4.39. The molecule has 0 heterocycles. The Morgan fingerprint density at radius 1 is 1.11 bits per heavy atom. The molecule has 0 amide bonds. The van der Waals surface area contributed by atoms with Crippen molar-refractivity contribution in [3.05, 3.63) is 42.9 Å². The van der Waals surface area contributed by atoms with Crippen molar-refractivity contribution < 1.29 is 5.11 Å². The Morgan fingerprint density at radius 2 is 2.00 bits per heavy atom. The third kappa shape index (κ3) is 2.20. The lowest BCUT2D eigenvalue weighted by Crippen LogP contribution is -1.95. The predicted octanol–water partition coefficient (Wildman–Crippen LogP) is 1.23. The molecule has 0 fully saturated rings. The largest absolute Gasteiger partial charge is 0.373 e. The van der Waals surface area contributed by atoms with Crippen molar-refractivity contribution in [2.75, 3.05) is 0 Å². The second-order valence-electron chi connectivity index (χ2n) is 1.84. The quantitative estimate of drug-likeness (QED) is 0.478. The summed E-state index contributed by atoms with van der Waals surface area (Å²) >= 11 is 0. The Labute approximate surface area is 55.0 Å². The van der Waals surface area contributed by atoms with Gasteiger partial charge in [0.05, 0.1) is 0 Å². The first-order valence-electron chi connectivity index (χ1n) is 2.92. The topological polar surface area (TPSA) is 20.2 Å². The van der Waals surface area contributed by atoms with Crippen molar-refractivity contribution in [3.63, 3.8) is 0 Å². The van der Waals surface area contributed by atoms with E-state index in [1.165, 1.54) is 0 Å². The van der Waals surface area contributed by atoms with Gasteiger partial charge >= 0.3 is 0 Å². The zero-order chi connectivity index (χ0) is 6.53. The van der Waals surface area contributed by atoms with Crippen LogP contribution in [0.25, 0.3) is 0 Å². The van der Waals surface area contributed by atoms with Crippen molar-refractivity contribution in [2.24, 2.45) is 0 Å². The van der Waals surface area contributed by atoms with Crippen LogP contribution in [0.5, 0.6) is 0 Å². The van der Waals surface area contributed by atoms with Gasteiger partial charge in [-0.05, 0) is 12.2 Å². The average molecular weight is 121 g/mol. The predicted molar refractivity (Wildman–Crippen MR) is 37.7 cm³/mol. The van der Waals surface area contributed by atoms with E-state index < -0.39 is 6.10 Å². The highest BCUT2D eigenvalue weighted by Gasteiger charge is 1.95. The minimum atomic E-state index is -0.425. The Kier molecular flexibility index (Phi) is 2.16. The zero-order valence-corrected chi connectivity index (χ0v) is 5.07. The SMILES string of the molecule is OC1/C=C\C=C/[CH+]/C=C\1. The molecule has 1 atom stereocenters. The van der Waals surface area contributed by atoms with E-state index in [1.54, 1.807) is 12.2 Å². The highest BCUT2D eigenvalue weighted by Crippen LogP contribution is 1.95. The summed E-state index contributed by atoms with van der Waals surface area (Å²) in [6, 6.07) is 0. The van der Waals surface area contributed by atoms with Gasteiger partial charge in [0.15, 0.2) is 0 Å². The monoisotopic (exact) mass is 121 g/mol. The lowest BCUT2D eigenvalue weighted by atomic mass is 10.2. The first-order valence-corrected chi connectivity index (χ1v) is 2.92. The lowest BCUT2D eigenvalue weighted by Gasteiger charge is -1.90. The van der Waals surface area contributed by atoms with Crippen molar-refractivity contribution in [2.45, 2.75) is 6.10 Å². The molecule has 0 aromatic rings. The third-order valence-electron chi connectivity index (χ3n) is 1.06. The summed E-state index contributed by atoms with van der Waals surface area (Å²) in [5.41, 5.74) is 0. The molecule has 0 aromatic heterocycles. The molecule has 46 valence electrons. The summed E-state index contributed by atoms with van der Waals surface area (Å²) in [6.45, 7) is 0. The van der Waals surface area contributed by atoms with Gasteiger partial charge < -0.3 is 5.11 Å². The van der Waals surface area contributed by atoms with Gasteiger partial charge in [-0.15, -0.1) is 0 Å². The molecule has 9 heavy (non-hydrogen) atoms. The van der Waals surface area contributed by atoms with Crippen molar-refractivity contribution in [1.29, 1.82) is 0 Å². The van der Waals surface area contributed by atoms with Crippen LogP contribution in [0.15, 0.2) is 36.5 Å². The van der Waals surface area contributed by atoms with Crippen LogP contribution in [0.4, 0.5) is 0 Å². The van der Waals surface area contributed by atoms with E-state index >= 15 is 0 Å². The van der Waals surface area contributed by atoms with Crippen LogP contribution in [0.1, 0.15) is 0 Å². The smallest absolute Gasteiger partial charge is 0.136 e. The molecule has 1 nitrogen and oxygen atoms in total. The van der Waals surface area contributed by atoms with Crippen LogP contribution >= 0.6 is 0 Å². The summed E-state index contributed by atoms with van der Waals surface area (Å²) in [5, 5.41) is 8.99. The molecular formula is C8H9O+. The molecule has 0 bridgehead atoms. The number of aliphatic hydroxyl groups excluding tert-OH is 1. The minimum Gasteiger partial charge on any atom is -0.373 e. The molecule has 0 aromatic carbocycles. The highest BCUT2D eigenvalue weighted by atomic mass is 16.3. The van der Waals surface area contributed by atoms with Gasteiger partial charge in [0, 0.05) is 30.7 Å². The number of hydrogen-bond acceptors (Lipinski definition) is 1. The molecule has 1 unspecified atom stereocenters. The molecule has 1 N–H and O–H groups in total. The Hall–Kier alpha value is -0.950. The van der Waals surface area contributed by atoms with Gasteiger partial charge in [0.2, 0.25) is 0 Å². The van der Waals surface area contributed by atoms with Crippen molar-refractivity contribution in [1.82, 2.24) is 0 Å². The van der Waals surface area contributed by atoms with Crippen LogP contribution in [0.3, 0.4) is 0 Å². The van der Waals surface area contributed by atoms with E-state index in [1.807, 2.05) is 30.7 Å². The number of hydrogen-bond donors (Lipinski definition) is 1. The van der Waals surface area contributed by atoms with Crippen LogP contribution in [-0.2, 0) is 0 Å². The van der Waals surface area contributed by atoms with E-state index in [9.17, 15) is 0 Å². The van der Waals surface area contributed by atoms with E-state index in [0.29, 0.717) is 0 Å². The fourth-order valence-corrected chi connectivity index (χ4v) is 0.613. The molecule has 0 spiro atoms. The third-order valence-corrected chi connectivity index (χ3v) is 1.06. The fourth-order valence-electron chi connectivity index (χ4n) is 0.613. The molecule has 1 rings (SSSR count). The first kappa shape index (κ1) is 6.17.